The molecule has 0 unspecified atom stereocenters. The summed E-state index contributed by atoms with van der Waals surface area (Å²) in [6, 6.07) is 13.2. The fourth-order valence-electron chi connectivity index (χ4n) is 1.87. The lowest BCUT2D eigenvalue weighted by atomic mass is 10.2. The normalized spacial score (nSPS) is 10.5. The summed E-state index contributed by atoms with van der Waals surface area (Å²) >= 11 is 3.37. The molecule has 0 aliphatic heterocycles. The zero-order valence-corrected chi connectivity index (χ0v) is 13.4. The fourth-order valence-corrected chi connectivity index (χ4v) is 2.27. The highest BCUT2D eigenvalue weighted by Gasteiger charge is 2.12. The summed E-state index contributed by atoms with van der Waals surface area (Å²) in [5.41, 5.74) is 1.12. The Labute approximate surface area is 139 Å². The minimum absolute atomic E-state index is 0.0807. The van der Waals surface area contributed by atoms with Crippen LogP contribution >= 0.6 is 15.9 Å². The third-order valence-electron chi connectivity index (χ3n) is 2.98. The molecule has 0 aliphatic carbocycles. The summed E-state index contributed by atoms with van der Waals surface area (Å²) in [5, 5.41) is 13.0. The number of rotatable bonds is 4. The molecule has 0 atom stereocenters. The van der Waals surface area contributed by atoms with E-state index in [0.29, 0.717) is 11.4 Å². The SMILES string of the molecule is O=C(OCc1nc(-c2cccc(Br)c2)no1)c1ccc(O)cc1. The van der Waals surface area contributed by atoms with Crippen molar-refractivity contribution in [1.82, 2.24) is 10.1 Å². The van der Waals surface area contributed by atoms with E-state index in [1.807, 2.05) is 24.3 Å². The first-order valence-electron chi connectivity index (χ1n) is 6.66. The van der Waals surface area contributed by atoms with Gasteiger partial charge in [0.1, 0.15) is 5.75 Å². The summed E-state index contributed by atoms with van der Waals surface area (Å²) in [6.07, 6.45) is 0. The van der Waals surface area contributed by atoms with Gasteiger partial charge in [0.2, 0.25) is 5.82 Å². The number of aromatic hydroxyl groups is 1. The Morgan fingerprint density at radius 1 is 1.22 bits per heavy atom. The van der Waals surface area contributed by atoms with Crippen LogP contribution in [0.4, 0.5) is 0 Å². The minimum atomic E-state index is -0.535. The number of esters is 1. The Morgan fingerprint density at radius 3 is 2.74 bits per heavy atom. The van der Waals surface area contributed by atoms with Crippen LogP contribution in [0.3, 0.4) is 0 Å². The highest BCUT2D eigenvalue weighted by Crippen LogP contribution is 2.20. The number of phenolic OH excluding ortho intramolecular Hbond substituents is 1. The molecule has 1 N–H and O–H groups in total. The van der Waals surface area contributed by atoms with Crippen molar-refractivity contribution in [3.8, 4) is 17.1 Å². The molecule has 0 amide bonds. The van der Waals surface area contributed by atoms with E-state index in [1.165, 1.54) is 24.3 Å². The molecule has 6 nitrogen and oxygen atoms in total. The quantitative estimate of drug-likeness (QED) is 0.702. The number of aromatic nitrogens is 2. The van der Waals surface area contributed by atoms with Crippen LogP contribution < -0.4 is 0 Å². The highest BCUT2D eigenvalue weighted by molar-refractivity contribution is 9.10. The van der Waals surface area contributed by atoms with Crippen LogP contribution in [-0.4, -0.2) is 21.2 Å². The topological polar surface area (TPSA) is 85.5 Å². The molecule has 0 fully saturated rings. The maximum absolute atomic E-state index is 11.9. The Morgan fingerprint density at radius 2 is 2.00 bits per heavy atom. The lowest BCUT2D eigenvalue weighted by molar-refractivity contribution is 0.0430. The van der Waals surface area contributed by atoms with Gasteiger partial charge in [0, 0.05) is 10.0 Å². The van der Waals surface area contributed by atoms with Crippen molar-refractivity contribution in [2.75, 3.05) is 0 Å². The van der Waals surface area contributed by atoms with Gasteiger partial charge in [0.05, 0.1) is 5.56 Å². The molecule has 0 spiro atoms. The molecule has 116 valence electrons. The number of carbonyl (C=O) groups excluding carboxylic acids is 1. The second-order valence-corrected chi connectivity index (χ2v) is 5.56. The van der Waals surface area contributed by atoms with E-state index in [9.17, 15) is 9.90 Å². The van der Waals surface area contributed by atoms with Crippen molar-refractivity contribution in [2.45, 2.75) is 6.61 Å². The molecule has 0 radical (unpaired) electrons. The summed E-state index contributed by atoms with van der Waals surface area (Å²) in [6.45, 7) is -0.124. The second-order valence-electron chi connectivity index (χ2n) is 4.65. The molecule has 1 heterocycles. The largest absolute Gasteiger partial charge is 0.508 e. The molecule has 0 bridgehead atoms. The van der Waals surface area contributed by atoms with E-state index in [0.717, 1.165) is 10.0 Å². The molecule has 3 rings (SSSR count). The van der Waals surface area contributed by atoms with Crippen LogP contribution in [0.25, 0.3) is 11.4 Å². The molecule has 0 saturated carbocycles. The van der Waals surface area contributed by atoms with E-state index < -0.39 is 5.97 Å². The standard InChI is InChI=1S/C16H11BrN2O4/c17-12-3-1-2-11(8-12)15-18-14(23-19-15)9-22-16(21)10-4-6-13(20)7-5-10/h1-8,20H,9H2. The van der Waals surface area contributed by atoms with E-state index in [1.54, 1.807) is 0 Å². The maximum atomic E-state index is 11.9. The van der Waals surface area contributed by atoms with Crippen molar-refractivity contribution in [3.05, 3.63) is 64.5 Å². The number of hydrogen-bond donors (Lipinski definition) is 1. The predicted molar refractivity (Wildman–Crippen MR) is 84.7 cm³/mol. The molecule has 2 aromatic carbocycles. The molecular formula is C16H11BrN2O4. The Bertz CT molecular complexity index is 830. The molecule has 23 heavy (non-hydrogen) atoms. The number of carbonyl (C=O) groups is 1. The Kier molecular flexibility index (Phi) is 4.38. The van der Waals surface area contributed by atoms with Gasteiger partial charge in [0.25, 0.3) is 5.89 Å². The smallest absolute Gasteiger partial charge is 0.338 e. The summed E-state index contributed by atoms with van der Waals surface area (Å²) in [5.74, 6) is 0.165. The van der Waals surface area contributed by atoms with Gasteiger partial charge in [0.15, 0.2) is 6.61 Å². The molecule has 0 aliphatic rings. The summed E-state index contributed by atoms with van der Waals surface area (Å²) < 4.78 is 11.1. The zero-order chi connectivity index (χ0) is 16.2. The third kappa shape index (κ3) is 3.75. The van der Waals surface area contributed by atoms with E-state index in [-0.39, 0.29) is 18.2 Å². The first-order valence-corrected chi connectivity index (χ1v) is 7.46. The van der Waals surface area contributed by atoms with Gasteiger partial charge in [-0.1, -0.05) is 33.2 Å². The van der Waals surface area contributed by atoms with Crippen LogP contribution in [0.2, 0.25) is 0 Å². The number of nitrogens with zero attached hydrogens (tertiary/aromatic N) is 2. The van der Waals surface area contributed by atoms with Crippen molar-refractivity contribution < 1.29 is 19.2 Å². The van der Waals surface area contributed by atoms with Crippen molar-refractivity contribution >= 4 is 21.9 Å². The number of halogens is 1. The summed E-state index contributed by atoms with van der Waals surface area (Å²) in [4.78, 5) is 16.0. The van der Waals surface area contributed by atoms with Gasteiger partial charge in [-0.15, -0.1) is 0 Å². The monoisotopic (exact) mass is 374 g/mol. The number of hydrogen-bond acceptors (Lipinski definition) is 6. The van der Waals surface area contributed by atoms with E-state index in [2.05, 4.69) is 26.1 Å². The van der Waals surface area contributed by atoms with Crippen LogP contribution in [0.5, 0.6) is 5.75 Å². The molecule has 3 aromatic rings. The van der Waals surface area contributed by atoms with Crippen LogP contribution in [0, 0.1) is 0 Å². The predicted octanol–water partition coefficient (Wildman–Crippen LogP) is 3.56. The average molecular weight is 375 g/mol. The van der Waals surface area contributed by atoms with Gasteiger partial charge in [-0.2, -0.15) is 4.98 Å². The van der Waals surface area contributed by atoms with Gasteiger partial charge >= 0.3 is 5.97 Å². The first kappa shape index (κ1) is 15.2. The van der Waals surface area contributed by atoms with E-state index in [4.69, 9.17) is 9.26 Å². The molecular weight excluding hydrogens is 364 g/mol. The molecule has 7 heteroatoms. The highest BCUT2D eigenvalue weighted by atomic mass is 79.9. The minimum Gasteiger partial charge on any atom is -0.508 e. The van der Waals surface area contributed by atoms with Crippen molar-refractivity contribution in [1.29, 1.82) is 0 Å². The average Bonchev–Trinajstić information content (AvgIpc) is 3.02. The summed E-state index contributed by atoms with van der Waals surface area (Å²) in [7, 11) is 0. The van der Waals surface area contributed by atoms with Crippen LogP contribution in [0.15, 0.2) is 57.5 Å². The first-order chi connectivity index (χ1) is 11.1. The fraction of sp³-hybridized carbons (Fsp3) is 0.0625. The van der Waals surface area contributed by atoms with Gasteiger partial charge < -0.3 is 14.4 Å². The number of benzene rings is 2. The zero-order valence-electron chi connectivity index (χ0n) is 11.8. The lowest BCUT2D eigenvalue weighted by Gasteiger charge is -2.01. The Hall–Kier alpha value is -2.67. The van der Waals surface area contributed by atoms with Gasteiger partial charge in [-0.05, 0) is 36.4 Å². The van der Waals surface area contributed by atoms with Crippen molar-refractivity contribution in [3.63, 3.8) is 0 Å². The number of phenols is 1. The van der Waals surface area contributed by atoms with Crippen LogP contribution in [-0.2, 0) is 11.3 Å². The van der Waals surface area contributed by atoms with Gasteiger partial charge in [-0.25, -0.2) is 4.79 Å². The number of ether oxygens (including phenoxy) is 1. The van der Waals surface area contributed by atoms with Gasteiger partial charge in [-0.3, -0.25) is 0 Å². The maximum Gasteiger partial charge on any atom is 0.338 e. The molecule has 0 saturated heterocycles. The van der Waals surface area contributed by atoms with E-state index >= 15 is 0 Å². The van der Waals surface area contributed by atoms with Crippen molar-refractivity contribution in [2.24, 2.45) is 0 Å². The van der Waals surface area contributed by atoms with Crippen LogP contribution in [0.1, 0.15) is 16.2 Å². The third-order valence-corrected chi connectivity index (χ3v) is 3.47. The Balaban J connectivity index is 1.65. The lowest BCUT2D eigenvalue weighted by Crippen LogP contribution is -2.05. The second kappa shape index (κ2) is 6.62. The molecule has 1 aromatic heterocycles.